The molecule has 0 amide bonds. The van der Waals surface area contributed by atoms with Crippen LogP contribution in [0.4, 0.5) is 0 Å². The highest BCUT2D eigenvalue weighted by atomic mass is 32.2. The molecule has 2 rings (SSSR count). The van der Waals surface area contributed by atoms with Crippen LogP contribution in [0.1, 0.15) is 44.5 Å². The highest BCUT2D eigenvalue weighted by molar-refractivity contribution is 7.87. The van der Waals surface area contributed by atoms with Crippen molar-refractivity contribution in [2.75, 3.05) is 20.1 Å². The number of hydrogen-bond acceptors (Lipinski definition) is 4. The number of hydrogen-bond donors (Lipinski definition) is 3. The van der Waals surface area contributed by atoms with E-state index in [1.165, 1.54) is 0 Å². The van der Waals surface area contributed by atoms with E-state index in [1.54, 1.807) is 16.7 Å². The first-order valence-corrected chi connectivity index (χ1v) is 8.95. The first kappa shape index (κ1) is 16.4. The summed E-state index contributed by atoms with van der Waals surface area (Å²) >= 11 is 0. The first-order valence-electron chi connectivity index (χ1n) is 7.51. The van der Waals surface area contributed by atoms with Crippen molar-refractivity contribution in [3.63, 3.8) is 0 Å². The number of likely N-dealkylation sites (N-methyl/N-ethyl adjacent to an activating group) is 1. The monoisotopic (exact) mass is 315 g/mol. The molecule has 1 fully saturated rings. The normalized spacial score (nSPS) is 22.3. The molecule has 8 heteroatoms. The van der Waals surface area contributed by atoms with Crippen LogP contribution in [0.3, 0.4) is 0 Å². The quantitative estimate of drug-likeness (QED) is 0.693. The standard InChI is InChI=1S/C13H25N5O2S/c1-3-12(13-15-7-8-16-13)17-21(19,20)18-9-5-4-6-11(18)10-14-2/h7-8,11-12,14,17H,3-6,9-10H2,1-2H3,(H,15,16). The third kappa shape index (κ3) is 4.03. The van der Waals surface area contributed by atoms with Crippen LogP contribution in [0.15, 0.2) is 12.4 Å². The molecular weight excluding hydrogens is 290 g/mol. The second-order valence-corrected chi connectivity index (χ2v) is 7.03. The van der Waals surface area contributed by atoms with Crippen LogP contribution in [0.5, 0.6) is 0 Å². The van der Waals surface area contributed by atoms with Crippen LogP contribution >= 0.6 is 0 Å². The van der Waals surface area contributed by atoms with Crippen LogP contribution in [0, 0.1) is 0 Å². The summed E-state index contributed by atoms with van der Waals surface area (Å²) in [6.07, 6.45) is 6.89. The molecule has 0 radical (unpaired) electrons. The van der Waals surface area contributed by atoms with Gasteiger partial charge in [-0.25, -0.2) is 4.98 Å². The predicted octanol–water partition coefficient (Wildman–Crippen LogP) is 0.769. The van der Waals surface area contributed by atoms with E-state index < -0.39 is 10.2 Å². The van der Waals surface area contributed by atoms with Gasteiger partial charge in [-0.05, 0) is 26.3 Å². The molecule has 7 nitrogen and oxygen atoms in total. The molecule has 120 valence electrons. The van der Waals surface area contributed by atoms with Gasteiger partial charge in [0.15, 0.2) is 0 Å². The molecular formula is C13H25N5O2S. The summed E-state index contributed by atoms with van der Waals surface area (Å²) in [7, 11) is -1.66. The van der Waals surface area contributed by atoms with Gasteiger partial charge in [-0.3, -0.25) is 0 Å². The van der Waals surface area contributed by atoms with Gasteiger partial charge < -0.3 is 10.3 Å². The van der Waals surface area contributed by atoms with Crippen LogP contribution in [-0.2, 0) is 10.2 Å². The number of nitrogens with one attached hydrogen (secondary N) is 3. The summed E-state index contributed by atoms with van der Waals surface area (Å²) in [5.74, 6) is 0.656. The van der Waals surface area contributed by atoms with Crippen LogP contribution < -0.4 is 10.0 Å². The molecule has 1 aliphatic heterocycles. The third-order valence-corrected chi connectivity index (χ3v) is 5.55. The lowest BCUT2D eigenvalue weighted by molar-refractivity contribution is 0.244. The molecule has 1 aromatic rings. The Bertz CT molecular complexity index is 515. The minimum Gasteiger partial charge on any atom is -0.347 e. The zero-order valence-corrected chi connectivity index (χ0v) is 13.5. The van der Waals surface area contributed by atoms with E-state index in [2.05, 4.69) is 20.0 Å². The van der Waals surface area contributed by atoms with Gasteiger partial charge in [0, 0.05) is 31.5 Å². The Labute approximate surface area is 126 Å². The van der Waals surface area contributed by atoms with Gasteiger partial charge in [0.25, 0.3) is 10.2 Å². The van der Waals surface area contributed by atoms with Crippen molar-refractivity contribution >= 4 is 10.2 Å². The van der Waals surface area contributed by atoms with Crippen molar-refractivity contribution < 1.29 is 8.42 Å². The maximum absolute atomic E-state index is 12.7. The summed E-state index contributed by atoms with van der Waals surface area (Å²) in [6, 6.07) is -0.294. The first-order chi connectivity index (χ1) is 10.1. The fourth-order valence-corrected chi connectivity index (χ4v) is 4.49. The van der Waals surface area contributed by atoms with E-state index in [9.17, 15) is 8.42 Å². The molecule has 1 aromatic heterocycles. The Morgan fingerprint density at radius 1 is 1.52 bits per heavy atom. The third-order valence-electron chi connectivity index (χ3n) is 3.87. The maximum atomic E-state index is 12.7. The fraction of sp³-hybridized carbons (Fsp3) is 0.769. The lowest BCUT2D eigenvalue weighted by atomic mass is 10.1. The highest BCUT2D eigenvalue weighted by Gasteiger charge is 2.33. The number of imidazole rings is 1. The predicted molar refractivity (Wildman–Crippen MR) is 81.9 cm³/mol. The van der Waals surface area contributed by atoms with Crippen LogP contribution in [-0.4, -0.2) is 48.9 Å². The van der Waals surface area contributed by atoms with Crippen molar-refractivity contribution in [2.24, 2.45) is 0 Å². The zero-order chi connectivity index (χ0) is 15.3. The Morgan fingerprint density at radius 3 is 2.95 bits per heavy atom. The topological polar surface area (TPSA) is 90.1 Å². The second-order valence-electron chi connectivity index (χ2n) is 5.38. The van der Waals surface area contributed by atoms with Crippen molar-refractivity contribution in [2.45, 2.75) is 44.7 Å². The van der Waals surface area contributed by atoms with Crippen molar-refractivity contribution in [3.8, 4) is 0 Å². The molecule has 3 N–H and O–H groups in total. The molecule has 2 unspecified atom stereocenters. The Morgan fingerprint density at radius 2 is 2.33 bits per heavy atom. The summed E-state index contributed by atoms with van der Waals surface area (Å²) in [6.45, 7) is 3.20. The van der Waals surface area contributed by atoms with Gasteiger partial charge >= 0.3 is 0 Å². The molecule has 1 aliphatic rings. The number of aromatic amines is 1. The Balaban J connectivity index is 2.12. The largest absolute Gasteiger partial charge is 0.347 e. The second kappa shape index (κ2) is 7.35. The van der Waals surface area contributed by atoms with E-state index >= 15 is 0 Å². The SMILES string of the molecule is CCC(NS(=O)(=O)N1CCCCC1CNC)c1ncc[nH]1. The number of piperidine rings is 1. The van der Waals surface area contributed by atoms with E-state index in [-0.39, 0.29) is 12.1 Å². The summed E-state index contributed by atoms with van der Waals surface area (Å²) in [5.41, 5.74) is 0. The molecule has 2 heterocycles. The fourth-order valence-electron chi connectivity index (χ4n) is 2.78. The zero-order valence-electron chi connectivity index (χ0n) is 12.7. The number of rotatable bonds is 7. The molecule has 21 heavy (non-hydrogen) atoms. The van der Waals surface area contributed by atoms with Crippen molar-refractivity contribution in [1.29, 1.82) is 0 Å². The molecule has 0 spiro atoms. The number of aromatic nitrogens is 2. The smallest absolute Gasteiger partial charge is 0.280 e. The summed E-state index contributed by atoms with van der Waals surface area (Å²) in [4.78, 5) is 7.14. The van der Waals surface area contributed by atoms with Crippen molar-refractivity contribution in [1.82, 2.24) is 24.3 Å². The lowest BCUT2D eigenvalue weighted by Gasteiger charge is -2.35. The van der Waals surface area contributed by atoms with Gasteiger partial charge in [0.2, 0.25) is 0 Å². The lowest BCUT2D eigenvalue weighted by Crippen LogP contribution is -2.52. The van der Waals surface area contributed by atoms with Gasteiger partial charge in [0.1, 0.15) is 5.82 Å². The average Bonchev–Trinajstić information content (AvgIpc) is 3.00. The highest BCUT2D eigenvalue weighted by Crippen LogP contribution is 2.22. The molecule has 2 atom stereocenters. The summed E-state index contributed by atoms with van der Waals surface area (Å²) < 4.78 is 29.7. The van der Waals surface area contributed by atoms with Gasteiger partial charge in [-0.2, -0.15) is 17.4 Å². The minimum atomic E-state index is -3.51. The van der Waals surface area contributed by atoms with Crippen LogP contribution in [0.2, 0.25) is 0 Å². The molecule has 0 aromatic carbocycles. The molecule has 0 saturated carbocycles. The molecule has 0 bridgehead atoms. The van der Waals surface area contributed by atoms with Gasteiger partial charge in [0.05, 0.1) is 6.04 Å². The van der Waals surface area contributed by atoms with E-state index in [4.69, 9.17) is 0 Å². The molecule has 1 saturated heterocycles. The Kier molecular flexibility index (Phi) is 5.74. The van der Waals surface area contributed by atoms with E-state index in [0.717, 1.165) is 19.3 Å². The number of H-pyrrole nitrogens is 1. The maximum Gasteiger partial charge on any atom is 0.280 e. The van der Waals surface area contributed by atoms with Crippen molar-refractivity contribution in [3.05, 3.63) is 18.2 Å². The number of nitrogens with zero attached hydrogens (tertiary/aromatic N) is 2. The summed E-state index contributed by atoms with van der Waals surface area (Å²) in [5, 5.41) is 3.08. The minimum absolute atomic E-state index is 0.0235. The van der Waals surface area contributed by atoms with Crippen LogP contribution in [0.25, 0.3) is 0 Å². The van der Waals surface area contributed by atoms with E-state index in [1.807, 2.05) is 14.0 Å². The molecule has 0 aliphatic carbocycles. The Hall–Kier alpha value is -0.960. The van der Waals surface area contributed by atoms with Gasteiger partial charge in [-0.15, -0.1) is 0 Å². The average molecular weight is 315 g/mol. The van der Waals surface area contributed by atoms with E-state index in [0.29, 0.717) is 25.3 Å². The van der Waals surface area contributed by atoms with Gasteiger partial charge in [-0.1, -0.05) is 13.3 Å².